The molecule has 0 aliphatic carbocycles. The number of anilines is 3. The maximum atomic E-state index is 13.3. The van der Waals surface area contributed by atoms with Crippen molar-refractivity contribution in [3.05, 3.63) is 119 Å². The molecule has 1 atom stereocenters. The molecule has 0 unspecified atom stereocenters. The van der Waals surface area contributed by atoms with Gasteiger partial charge in [-0.15, -0.1) is 0 Å². The lowest BCUT2D eigenvalue weighted by molar-refractivity contribution is -0.116. The molecule has 1 saturated heterocycles. The van der Waals surface area contributed by atoms with E-state index < -0.39 is 0 Å². The van der Waals surface area contributed by atoms with Crippen LogP contribution in [0, 0.1) is 13.8 Å². The van der Waals surface area contributed by atoms with E-state index in [1.807, 2.05) is 93.8 Å². The zero-order valence-corrected chi connectivity index (χ0v) is 31.9. The minimum absolute atomic E-state index is 0.139. The van der Waals surface area contributed by atoms with Crippen LogP contribution in [0.3, 0.4) is 0 Å². The molecule has 0 radical (unpaired) electrons. The van der Waals surface area contributed by atoms with E-state index in [1.165, 1.54) is 6.42 Å². The third-order valence-electron chi connectivity index (χ3n) is 10.6. The molecule has 2 aliphatic rings. The largest absolute Gasteiger partial charge is 0.493 e. The Hall–Kier alpha value is -6.10. The Morgan fingerprint density at radius 1 is 0.745 bits per heavy atom. The second-order valence-corrected chi connectivity index (χ2v) is 14.8. The highest BCUT2D eigenvalue weighted by atomic mass is 16.5. The van der Waals surface area contributed by atoms with Gasteiger partial charge in [-0.25, -0.2) is 0 Å². The van der Waals surface area contributed by atoms with Crippen LogP contribution in [0.15, 0.2) is 85.2 Å². The van der Waals surface area contributed by atoms with Gasteiger partial charge >= 0.3 is 0 Å². The van der Waals surface area contributed by atoms with Crippen LogP contribution in [0.25, 0.3) is 11.1 Å². The van der Waals surface area contributed by atoms with Crippen molar-refractivity contribution in [2.24, 2.45) is 14.1 Å². The smallest absolute Gasteiger partial charge is 0.272 e. The van der Waals surface area contributed by atoms with Gasteiger partial charge in [-0.3, -0.25) is 19.2 Å². The molecule has 0 spiro atoms. The monoisotopic (exact) mass is 740 g/mol. The second-order valence-electron chi connectivity index (χ2n) is 14.8. The zero-order chi connectivity index (χ0) is 38.6. The Morgan fingerprint density at radius 2 is 1.42 bits per heavy atom. The summed E-state index contributed by atoms with van der Waals surface area (Å²) < 4.78 is 9.57. The fourth-order valence-corrected chi connectivity index (χ4v) is 7.55. The average molecular weight is 741 g/mol. The summed E-state index contributed by atoms with van der Waals surface area (Å²) in [4.78, 5) is 54.3. The second kappa shape index (κ2) is 16.1. The molecule has 0 saturated carbocycles. The molecule has 55 heavy (non-hydrogen) atoms. The molecule has 2 aromatic heterocycles. The maximum absolute atomic E-state index is 13.3. The number of carbonyl (C=O) groups excluding carboxylic acids is 4. The van der Waals surface area contributed by atoms with E-state index in [9.17, 15) is 19.2 Å². The minimum Gasteiger partial charge on any atom is -0.493 e. The highest BCUT2D eigenvalue weighted by Gasteiger charge is 2.32. The van der Waals surface area contributed by atoms with Crippen molar-refractivity contribution < 1.29 is 23.9 Å². The van der Waals surface area contributed by atoms with E-state index in [-0.39, 0.29) is 30.0 Å². The first kappa shape index (κ1) is 37.2. The van der Waals surface area contributed by atoms with Crippen molar-refractivity contribution in [2.75, 3.05) is 29.1 Å². The molecule has 1 fully saturated rings. The molecule has 284 valence electrons. The lowest BCUT2D eigenvalue weighted by Crippen LogP contribution is -2.42. The molecule has 3 N–H and O–H groups in total. The number of ether oxygens (including phenoxy) is 1. The number of nitrogens with zero attached hydrogens (tertiary/aromatic N) is 3. The van der Waals surface area contributed by atoms with Gasteiger partial charge in [-0.1, -0.05) is 29.8 Å². The molecule has 3 aromatic carbocycles. The standard InChI is InChI=1S/C44H48N6O5/c1-28-10-15-33(16-11-28)46-42(52)38-23-32(26-48(38)3)30-12-17-34(18-13-30)47-43(53)39-25-35(27-49(39)4)45-41(51)9-7-21-55-40-24-31-14-19-36-8-5-6-20-50(36)44(54)37(31)22-29(40)2/h10-13,15-18,22-27,36H,5-9,14,19-21H2,1-4H3,(H,45,51)(H,46,52)(H,47,53)/t36-/m0/s1. The molecule has 0 bridgehead atoms. The molecule has 4 heterocycles. The Morgan fingerprint density at radius 3 is 2.15 bits per heavy atom. The number of fused-ring (bicyclic) bond motifs is 2. The summed E-state index contributed by atoms with van der Waals surface area (Å²) in [7, 11) is 3.59. The molecule has 4 amide bonds. The lowest BCUT2D eigenvalue weighted by Gasteiger charge is -2.34. The first-order valence-corrected chi connectivity index (χ1v) is 19.0. The van der Waals surface area contributed by atoms with E-state index in [1.54, 1.807) is 28.4 Å². The molecule has 7 rings (SSSR count). The number of benzene rings is 3. The van der Waals surface area contributed by atoms with Crippen LogP contribution in [0.2, 0.25) is 0 Å². The highest BCUT2D eigenvalue weighted by molar-refractivity contribution is 6.05. The van der Waals surface area contributed by atoms with Crippen LogP contribution in [-0.2, 0) is 25.3 Å². The Bertz CT molecular complexity index is 2230. The van der Waals surface area contributed by atoms with Gasteiger partial charge in [0.1, 0.15) is 17.1 Å². The summed E-state index contributed by atoms with van der Waals surface area (Å²) >= 11 is 0. The zero-order valence-electron chi connectivity index (χ0n) is 31.9. The predicted molar refractivity (Wildman–Crippen MR) is 215 cm³/mol. The summed E-state index contributed by atoms with van der Waals surface area (Å²) in [6, 6.07) is 22.9. The number of piperidine rings is 1. The summed E-state index contributed by atoms with van der Waals surface area (Å²) in [6.07, 6.45) is 9.54. The Balaban J connectivity index is 0.887. The van der Waals surface area contributed by atoms with E-state index in [2.05, 4.69) is 20.9 Å². The number of amides is 4. The number of aryl methyl sites for hydroxylation is 5. The first-order chi connectivity index (χ1) is 26.5. The van der Waals surface area contributed by atoms with E-state index in [4.69, 9.17) is 4.74 Å². The lowest BCUT2D eigenvalue weighted by atomic mass is 9.97. The molecule has 11 nitrogen and oxygen atoms in total. The van der Waals surface area contributed by atoms with Crippen LogP contribution in [0.4, 0.5) is 17.1 Å². The third kappa shape index (κ3) is 8.51. The van der Waals surface area contributed by atoms with Crippen LogP contribution in [0.5, 0.6) is 5.75 Å². The number of hydrogen-bond acceptors (Lipinski definition) is 5. The fraction of sp³-hybridized carbons (Fsp3) is 0.318. The van der Waals surface area contributed by atoms with E-state index in [0.717, 1.165) is 77.0 Å². The summed E-state index contributed by atoms with van der Waals surface area (Å²) in [5, 5.41) is 8.77. The van der Waals surface area contributed by atoms with E-state index >= 15 is 0 Å². The van der Waals surface area contributed by atoms with E-state index in [0.29, 0.717) is 41.8 Å². The fourth-order valence-electron chi connectivity index (χ4n) is 7.55. The molecular weight excluding hydrogens is 693 g/mol. The normalized spacial score (nSPS) is 15.1. The number of hydrogen-bond donors (Lipinski definition) is 3. The van der Waals surface area contributed by atoms with Gasteiger partial charge in [0.05, 0.1) is 12.3 Å². The Labute approximate surface area is 321 Å². The van der Waals surface area contributed by atoms with Gasteiger partial charge in [0.15, 0.2) is 0 Å². The van der Waals surface area contributed by atoms with Gasteiger partial charge < -0.3 is 34.7 Å². The summed E-state index contributed by atoms with van der Waals surface area (Å²) in [6.45, 7) is 5.17. The topological polar surface area (TPSA) is 127 Å². The third-order valence-corrected chi connectivity index (χ3v) is 10.6. The van der Waals surface area contributed by atoms with Crippen LogP contribution in [0.1, 0.15) is 86.6 Å². The van der Waals surface area contributed by atoms with Crippen molar-refractivity contribution in [1.29, 1.82) is 0 Å². The molecule has 11 heteroatoms. The maximum Gasteiger partial charge on any atom is 0.272 e. The van der Waals surface area contributed by atoms with Crippen molar-refractivity contribution in [2.45, 2.75) is 64.8 Å². The van der Waals surface area contributed by atoms with Gasteiger partial charge in [-0.2, -0.15) is 0 Å². The molecular formula is C44H48N6O5. The van der Waals surface area contributed by atoms with Gasteiger partial charge in [-0.05, 0) is 118 Å². The van der Waals surface area contributed by atoms with Gasteiger partial charge in [0.2, 0.25) is 5.91 Å². The van der Waals surface area contributed by atoms with Crippen LogP contribution >= 0.6 is 0 Å². The minimum atomic E-state index is -0.312. The average Bonchev–Trinajstić information content (AvgIpc) is 3.71. The van der Waals surface area contributed by atoms with Crippen LogP contribution in [-0.4, -0.2) is 56.9 Å². The SMILES string of the molecule is Cc1ccc(NC(=O)c2cc(-c3ccc(NC(=O)c4cc(NC(=O)CCCOc5cc6c(cc5C)C(=O)N5CCCC[C@H]5CC6)cn4C)cc3)cn2C)cc1. The van der Waals surface area contributed by atoms with Gasteiger partial charge in [0.25, 0.3) is 17.7 Å². The summed E-state index contributed by atoms with van der Waals surface area (Å²) in [5.74, 6) is 0.214. The van der Waals surface area contributed by atoms with Crippen molar-refractivity contribution >= 4 is 40.7 Å². The number of rotatable bonds is 11. The van der Waals surface area contributed by atoms with Crippen molar-refractivity contribution in [3.63, 3.8) is 0 Å². The van der Waals surface area contributed by atoms with Crippen molar-refractivity contribution in [1.82, 2.24) is 14.0 Å². The highest BCUT2D eigenvalue weighted by Crippen LogP contribution is 2.32. The Kier molecular flexibility index (Phi) is 10.9. The van der Waals surface area contributed by atoms with Crippen LogP contribution < -0.4 is 20.7 Å². The number of aromatic nitrogens is 2. The quantitative estimate of drug-likeness (QED) is 0.119. The first-order valence-electron chi connectivity index (χ1n) is 19.0. The molecule has 2 aliphatic heterocycles. The molecule has 5 aromatic rings. The summed E-state index contributed by atoms with van der Waals surface area (Å²) in [5.41, 5.74) is 8.45. The predicted octanol–water partition coefficient (Wildman–Crippen LogP) is 7.89. The number of nitrogens with one attached hydrogen (secondary N) is 3. The number of carbonyl (C=O) groups is 4. The van der Waals surface area contributed by atoms with Gasteiger partial charge in [0, 0.05) is 68.0 Å². The van der Waals surface area contributed by atoms with Crippen molar-refractivity contribution in [3.8, 4) is 16.9 Å².